The van der Waals surface area contributed by atoms with Crippen molar-refractivity contribution in [3.8, 4) is 0 Å². The van der Waals surface area contributed by atoms with Crippen LogP contribution in [0.25, 0.3) is 0 Å². The lowest BCUT2D eigenvalue weighted by molar-refractivity contribution is 0.0251. The van der Waals surface area contributed by atoms with Crippen LogP contribution in [0, 0.1) is 18.8 Å². The highest BCUT2D eigenvalue weighted by Gasteiger charge is 2.51. The molecule has 1 amide bonds. The molecule has 2 aliphatic carbocycles. The highest BCUT2D eigenvalue weighted by Crippen LogP contribution is 2.54. The molecule has 0 saturated heterocycles. The zero-order valence-electron chi connectivity index (χ0n) is 14.1. The van der Waals surface area contributed by atoms with Crippen LogP contribution in [0.4, 0.5) is 0 Å². The predicted octanol–water partition coefficient (Wildman–Crippen LogP) is 4.09. The van der Waals surface area contributed by atoms with Gasteiger partial charge in [-0.15, -0.1) is 0 Å². The summed E-state index contributed by atoms with van der Waals surface area (Å²) >= 11 is 0. The summed E-state index contributed by atoms with van der Waals surface area (Å²) in [6.07, 6.45) is 6.89. The van der Waals surface area contributed by atoms with E-state index in [2.05, 4.69) is 40.6 Å². The first-order valence-electron chi connectivity index (χ1n) is 9.03. The number of pyridine rings is 1. The molecule has 3 heteroatoms. The Balaban J connectivity index is 1.58. The lowest BCUT2D eigenvalue weighted by Gasteiger charge is -2.55. The van der Waals surface area contributed by atoms with Gasteiger partial charge in [0.1, 0.15) is 0 Å². The summed E-state index contributed by atoms with van der Waals surface area (Å²) in [5, 5.41) is 3.34. The molecule has 0 unspecified atom stereocenters. The second kappa shape index (κ2) is 6.39. The van der Waals surface area contributed by atoms with Gasteiger partial charge in [0.15, 0.2) is 0 Å². The Morgan fingerprint density at radius 3 is 2.54 bits per heavy atom. The van der Waals surface area contributed by atoms with Crippen molar-refractivity contribution in [3.63, 3.8) is 0 Å². The van der Waals surface area contributed by atoms with Gasteiger partial charge < -0.3 is 5.32 Å². The van der Waals surface area contributed by atoms with E-state index in [4.69, 9.17) is 0 Å². The van der Waals surface area contributed by atoms with Gasteiger partial charge >= 0.3 is 0 Å². The predicted molar refractivity (Wildman–Crippen MR) is 94.9 cm³/mol. The molecule has 124 valence electrons. The molecule has 4 atom stereocenters. The Morgan fingerprint density at radius 2 is 1.79 bits per heavy atom. The Morgan fingerprint density at radius 1 is 1.04 bits per heavy atom. The van der Waals surface area contributed by atoms with E-state index in [1.54, 1.807) is 6.20 Å². The van der Waals surface area contributed by atoms with E-state index < -0.39 is 0 Å². The second-order valence-corrected chi connectivity index (χ2v) is 7.18. The molecule has 0 aliphatic heterocycles. The average molecular weight is 320 g/mol. The summed E-state index contributed by atoms with van der Waals surface area (Å²) in [6.45, 7) is 1.90. The SMILES string of the molecule is Cc1ncccc1C(=O)N[C@H]1[C@H]2CCCC[C@H]2[C@@H]1c1ccccc1. The number of nitrogens with one attached hydrogen (secondary N) is 1. The molecule has 0 spiro atoms. The van der Waals surface area contributed by atoms with Crippen molar-refractivity contribution in [3.05, 3.63) is 65.5 Å². The van der Waals surface area contributed by atoms with Crippen molar-refractivity contribution in [2.24, 2.45) is 11.8 Å². The zero-order valence-corrected chi connectivity index (χ0v) is 14.1. The minimum absolute atomic E-state index is 0.0237. The van der Waals surface area contributed by atoms with E-state index in [1.807, 2.05) is 19.1 Å². The highest BCUT2D eigenvalue weighted by molar-refractivity contribution is 5.95. The summed E-state index contributed by atoms with van der Waals surface area (Å²) in [5.41, 5.74) is 2.86. The number of fused-ring (bicyclic) bond motifs is 1. The number of carbonyl (C=O) groups is 1. The fraction of sp³-hybridized carbons (Fsp3) is 0.429. The first-order chi connectivity index (χ1) is 11.8. The van der Waals surface area contributed by atoms with Crippen molar-refractivity contribution in [1.82, 2.24) is 10.3 Å². The summed E-state index contributed by atoms with van der Waals surface area (Å²) < 4.78 is 0. The van der Waals surface area contributed by atoms with Crippen LogP contribution in [0.3, 0.4) is 0 Å². The third-order valence-corrected chi connectivity index (χ3v) is 5.92. The first kappa shape index (κ1) is 15.4. The number of rotatable bonds is 3. The van der Waals surface area contributed by atoms with Gasteiger partial charge in [0, 0.05) is 23.9 Å². The Bertz CT molecular complexity index is 728. The standard InChI is InChI=1S/C21H24N2O/c1-14-16(12-7-13-22-14)21(24)23-20-18-11-6-5-10-17(18)19(20)15-8-3-2-4-9-15/h2-4,7-9,12-13,17-20H,5-6,10-11H2,1H3,(H,23,24)/t17-,18+,19+,20+/m1/s1. The van der Waals surface area contributed by atoms with Crippen LogP contribution in [0.2, 0.25) is 0 Å². The van der Waals surface area contributed by atoms with Crippen molar-refractivity contribution < 1.29 is 4.79 Å². The third kappa shape index (κ3) is 2.62. The number of nitrogens with zero attached hydrogens (tertiary/aromatic N) is 1. The topological polar surface area (TPSA) is 42.0 Å². The van der Waals surface area contributed by atoms with Crippen LogP contribution in [0.15, 0.2) is 48.7 Å². The molecule has 24 heavy (non-hydrogen) atoms. The molecule has 4 rings (SSSR count). The minimum Gasteiger partial charge on any atom is -0.348 e. The van der Waals surface area contributed by atoms with Crippen LogP contribution < -0.4 is 5.32 Å². The molecule has 1 aromatic carbocycles. The average Bonchev–Trinajstić information content (AvgIpc) is 2.61. The van der Waals surface area contributed by atoms with Crippen molar-refractivity contribution in [2.45, 2.75) is 44.6 Å². The smallest absolute Gasteiger partial charge is 0.253 e. The highest BCUT2D eigenvalue weighted by atomic mass is 16.1. The van der Waals surface area contributed by atoms with Gasteiger partial charge in [-0.05, 0) is 49.3 Å². The molecular formula is C21H24N2O. The lowest BCUT2D eigenvalue weighted by atomic mass is 9.53. The molecule has 1 aromatic heterocycles. The summed E-state index contributed by atoms with van der Waals surface area (Å²) in [7, 11) is 0. The number of aromatic nitrogens is 1. The number of aryl methyl sites for hydroxylation is 1. The van der Waals surface area contributed by atoms with E-state index in [1.165, 1.54) is 31.2 Å². The van der Waals surface area contributed by atoms with Gasteiger partial charge in [-0.3, -0.25) is 9.78 Å². The van der Waals surface area contributed by atoms with Crippen LogP contribution in [0.1, 0.15) is 53.2 Å². The maximum atomic E-state index is 12.8. The molecule has 0 radical (unpaired) electrons. The summed E-state index contributed by atoms with van der Waals surface area (Å²) in [5.74, 6) is 1.83. The van der Waals surface area contributed by atoms with E-state index in [9.17, 15) is 4.79 Å². The number of amides is 1. The first-order valence-corrected chi connectivity index (χ1v) is 9.03. The second-order valence-electron chi connectivity index (χ2n) is 7.18. The Hall–Kier alpha value is -2.16. The van der Waals surface area contributed by atoms with Crippen LogP contribution in [0.5, 0.6) is 0 Å². The molecule has 1 heterocycles. The monoisotopic (exact) mass is 320 g/mol. The van der Waals surface area contributed by atoms with E-state index >= 15 is 0 Å². The van der Waals surface area contributed by atoms with Gasteiger partial charge in [-0.2, -0.15) is 0 Å². The normalized spacial score (nSPS) is 28.5. The fourth-order valence-corrected chi connectivity index (χ4v) is 4.75. The number of hydrogen-bond acceptors (Lipinski definition) is 2. The van der Waals surface area contributed by atoms with E-state index in [0.29, 0.717) is 17.4 Å². The van der Waals surface area contributed by atoms with Gasteiger partial charge in [0.05, 0.1) is 5.56 Å². The van der Waals surface area contributed by atoms with Crippen molar-refractivity contribution in [1.29, 1.82) is 0 Å². The van der Waals surface area contributed by atoms with E-state index in [-0.39, 0.29) is 11.9 Å². The van der Waals surface area contributed by atoms with Crippen LogP contribution in [-0.2, 0) is 0 Å². The quantitative estimate of drug-likeness (QED) is 0.925. The van der Waals surface area contributed by atoms with Crippen molar-refractivity contribution >= 4 is 5.91 Å². The molecule has 2 fully saturated rings. The summed E-state index contributed by atoms with van der Waals surface area (Å²) in [6, 6.07) is 14.7. The number of hydrogen-bond donors (Lipinski definition) is 1. The molecule has 2 aromatic rings. The van der Waals surface area contributed by atoms with Gasteiger partial charge in [0.2, 0.25) is 0 Å². The van der Waals surface area contributed by atoms with Gasteiger partial charge in [0.25, 0.3) is 5.91 Å². The Kier molecular flexibility index (Phi) is 4.09. The minimum atomic E-state index is 0.0237. The van der Waals surface area contributed by atoms with Crippen LogP contribution >= 0.6 is 0 Å². The Labute approximate surface area is 143 Å². The van der Waals surface area contributed by atoms with Gasteiger partial charge in [-0.1, -0.05) is 43.2 Å². The number of carbonyl (C=O) groups excluding carboxylic acids is 1. The number of benzene rings is 1. The fourth-order valence-electron chi connectivity index (χ4n) is 4.75. The lowest BCUT2D eigenvalue weighted by Crippen LogP contribution is -2.59. The molecular weight excluding hydrogens is 296 g/mol. The molecule has 0 bridgehead atoms. The summed E-state index contributed by atoms with van der Waals surface area (Å²) in [4.78, 5) is 17.0. The van der Waals surface area contributed by atoms with E-state index in [0.717, 1.165) is 11.6 Å². The van der Waals surface area contributed by atoms with Crippen LogP contribution in [-0.4, -0.2) is 16.9 Å². The maximum absolute atomic E-state index is 12.8. The third-order valence-electron chi connectivity index (χ3n) is 5.92. The maximum Gasteiger partial charge on any atom is 0.253 e. The molecule has 2 saturated carbocycles. The molecule has 3 nitrogen and oxygen atoms in total. The van der Waals surface area contributed by atoms with Crippen molar-refractivity contribution in [2.75, 3.05) is 0 Å². The molecule has 1 N–H and O–H groups in total. The zero-order chi connectivity index (χ0) is 16.5. The molecule has 2 aliphatic rings. The largest absolute Gasteiger partial charge is 0.348 e. The van der Waals surface area contributed by atoms with Gasteiger partial charge in [-0.25, -0.2) is 0 Å².